The van der Waals surface area contributed by atoms with E-state index in [9.17, 15) is 18.0 Å². The minimum atomic E-state index is -4.66. The van der Waals surface area contributed by atoms with Crippen LogP contribution in [-0.2, 0) is 23.9 Å². The van der Waals surface area contributed by atoms with Gasteiger partial charge in [0.05, 0.1) is 18.0 Å². The quantitative estimate of drug-likeness (QED) is 0.833. The number of ether oxygens (including phenoxy) is 1. The first-order valence-corrected chi connectivity index (χ1v) is 8.14. The first kappa shape index (κ1) is 16.7. The number of carbonyl (C=O) groups excluding carboxylic acids is 1. The van der Waals surface area contributed by atoms with Crippen molar-refractivity contribution in [1.29, 1.82) is 0 Å². The Balaban J connectivity index is 1.76. The fourth-order valence-electron chi connectivity index (χ4n) is 2.32. The van der Waals surface area contributed by atoms with Gasteiger partial charge in [0.15, 0.2) is 0 Å². The molecule has 0 fully saturated rings. The molecule has 0 aromatic carbocycles. The van der Waals surface area contributed by atoms with Crippen molar-refractivity contribution in [2.24, 2.45) is 0 Å². The summed E-state index contributed by atoms with van der Waals surface area (Å²) in [7, 11) is 0. The van der Waals surface area contributed by atoms with Crippen LogP contribution in [0.2, 0.25) is 0 Å². The van der Waals surface area contributed by atoms with E-state index in [0.29, 0.717) is 31.0 Å². The zero-order valence-corrected chi connectivity index (χ0v) is 13.5. The van der Waals surface area contributed by atoms with E-state index in [0.717, 1.165) is 16.9 Å². The maximum Gasteiger partial charge on any atom is 0.471 e. The Morgan fingerprint density at radius 3 is 2.96 bits per heavy atom. The maximum atomic E-state index is 12.5. The predicted molar refractivity (Wildman–Crippen MR) is 78.4 cm³/mol. The normalized spacial score (nSPS) is 14.6. The second-order valence-corrected chi connectivity index (χ2v) is 6.40. The fourth-order valence-corrected chi connectivity index (χ4v) is 3.41. The second kappa shape index (κ2) is 6.42. The average molecular weight is 361 g/mol. The molecule has 0 atom stereocenters. The molecular formula is C14H14F3N3O3S. The van der Waals surface area contributed by atoms with Crippen LogP contribution in [0.1, 0.15) is 29.7 Å². The van der Waals surface area contributed by atoms with Gasteiger partial charge < -0.3 is 14.2 Å². The lowest BCUT2D eigenvalue weighted by molar-refractivity contribution is -0.159. The number of fused-ring (bicyclic) bond motifs is 1. The molecule has 0 saturated heterocycles. The van der Waals surface area contributed by atoms with Gasteiger partial charge in [0, 0.05) is 11.4 Å². The van der Waals surface area contributed by atoms with Crippen molar-refractivity contribution >= 4 is 17.4 Å². The lowest BCUT2D eigenvalue weighted by Gasteiger charge is -2.26. The van der Waals surface area contributed by atoms with Gasteiger partial charge in [-0.15, -0.1) is 11.3 Å². The van der Waals surface area contributed by atoms with E-state index in [4.69, 9.17) is 4.74 Å². The molecule has 0 saturated carbocycles. The number of carbonyl (C=O) groups is 1. The maximum absolute atomic E-state index is 12.5. The highest BCUT2D eigenvalue weighted by molar-refractivity contribution is 7.15. The average Bonchev–Trinajstić information content (AvgIpc) is 3.17. The molecule has 1 amide bonds. The van der Waals surface area contributed by atoms with Gasteiger partial charge in [-0.3, -0.25) is 0 Å². The number of aromatic nitrogens is 2. The molecule has 10 heteroatoms. The van der Waals surface area contributed by atoms with Gasteiger partial charge in [-0.25, -0.2) is 4.79 Å². The van der Waals surface area contributed by atoms with Gasteiger partial charge in [0.2, 0.25) is 5.82 Å². The van der Waals surface area contributed by atoms with E-state index in [1.54, 1.807) is 11.0 Å². The highest BCUT2D eigenvalue weighted by Gasteiger charge is 2.38. The summed E-state index contributed by atoms with van der Waals surface area (Å²) in [6.07, 6.45) is -3.69. The molecular weight excluding hydrogens is 347 g/mol. The number of nitrogens with zero attached hydrogens (tertiary/aromatic N) is 3. The second-order valence-electron chi connectivity index (χ2n) is 5.27. The van der Waals surface area contributed by atoms with Gasteiger partial charge >= 0.3 is 18.2 Å². The third kappa shape index (κ3) is 3.37. The van der Waals surface area contributed by atoms with Crippen LogP contribution in [-0.4, -0.2) is 34.3 Å². The van der Waals surface area contributed by atoms with Gasteiger partial charge in [-0.2, -0.15) is 18.2 Å². The molecule has 0 bridgehead atoms. The van der Waals surface area contributed by atoms with E-state index in [1.807, 2.05) is 6.92 Å². The summed E-state index contributed by atoms with van der Waals surface area (Å²) >= 11 is 1.31. The number of rotatable bonds is 3. The smallest absolute Gasteiger partial charge is 0.449 e. The molecule has 0 unspecified atom stereocenters. The summed E-state index contributed by atoms with van der Waals surface area (Å²) in [5.74, 6) is -1.46. The summed E-state index contributed by atoms with van der Waals surface area (Å²) in [5.41, 5.74) is 0.869. The van der Waals surface area contributed by atoms with Gasteiger partial charge in [0.25, 0.3) is 0 Å². The predicted octanol–water partition coefficient (Wildman–Crippen LogP) is 3.72. The highest BCUT2D eigenvalue weighted by Crippen LogP contribution is 2.35. The number of alkyl halides is 3. The minimum absolute atomic E-state index is 0.0955. The topological polar surface area (TPSA) is 68.5 Å². The number of amides is 1. The van der Waals surface area contributed by atoms with Crippen LogP contribution in [0.3, 0.4) is 0 Å². The lowest BCUT2D eigenvalue weighted by atomic mass is 10.1. The Bertz CT molecular complexity index is 741. The van der Waals surface area contributed by atoms with Crippen molar-refractivity contribution in [3.8, 4) is 10.7 Å². The molecule has 3 rings (SSSR count). The van der Waals surface area contributed by atoms with Crippen LogP contribution in [0, 0.1) is 0 Å². The van der Waals surface area contributed by atoms with Crippen molar-refractivity contribution in [3.63, 3.8) is 0 Å². The van der Waals surface area contributed by atoms with Crippen LogP contribution >= 0.6 is 11.3 Å². The molecule has 1 aliphatic heterocycles. The number of hydrogen-bond donors (Lipinski definition) is 0. The monoisotopic (exact) mass is 361 g/mol. The molecule has 130 valence electrons. The van der Waals surface area contributed by atoms with E-state index < -0.39 is 12.1 Å². The van der Waals surface area contributed by atoms with Crippen LogP contribution in [0.15, 0.2) is 10.6 Å². The molecule has 0 N–H and O–H groups in total. The van der Waals surface area contributed by atoms with Crippen LogP contribution in [0.4, 0.5) is 18.0 Å². The van der Waals surface area contributed by atoms with Gasteiger partial charge in [-0.1, -0.05) is 12.1 Å². The van der Waals surface area contributed by atoms with Crippen LogP contribution < -0.4 is 0 Å². The summed E-state index contributed by atoms with van der Waals surface area (Å²) < 4.78 is 47.0. The standard InChI is InChI=1S/C14H14F3N3O3S/c1-2-5-22-13(21)20-4-3-9-8(7-20)6-10(24-9)11-18-12(23-19-11)14(15,16)17/h6H,2-5,7H2,1H3. The Hall–Kier alpha value is -2.10. The Morgan fingerprint density at radius 1 is 1.50 bits per heavy atom. The third-order valence-electron chi connectivity index (χ3n) is 3.44. The van der Waals surface area contributed by atoms with E-state index in [1.165, 1.54) is 11.3 Å². The zero-order valence-electron chi connectivity index (χ0n) is 12.7. The third-order valence-corrected chi connectivity index (χ3v) is 4.68. The van der Waals surface area contributed by atoms with Crippen molar-refractivity contribution in [2.75, 3.05) is 13.2 Å². The van der Waals surface area contributed by atoms with Crippen LogP contribution in [0.25, 0.3) is 10.7 Å². The summed E-state index contributed by atoms with van der Waals surface area (Å²) in [5, 5.41) is 3.39. The highest BCUT2D eigenvalue weighted by atomic mass is 32.1. The number of thiophene rings is 1. The first-order valence-electron chi connectivity index (χ1n) is 7.33. The van der Waals surface area contributed by atoms with Crippen LogP contribution in [0.5, 0.6) is 0 Å². The summed E-state index contributed by atoms with van der Waals surface area (Å²) in [6.45, 7) is 3.14. The van der Waals surface area contributed by atoms with Crippen molar-refractivity contribution < 1.29 is 27.2 Å². The summed E-state index contributed by atoms with van der Waals surface area (Å²) in [4.78, 5) is 18.4. The summed E-state index contributed by atoms with van der Waals surface area (Å²) in [6, 6.07) is 1.70. The fraction of sp³-hybridized carbons (Fsp3) is 0.500. The van der Waals surface area contributed by atoms with Crippen molar-refractivity contribution in [1.82, 2.24) is 15.0 Å². The van der Waals surface area contributed by atoms with Gasteiger partial charge in [0.1, 0.15) is 0 Å². The Morgan fingerprint density at radius 2 is 2.29 bits per heavy atom. The number of halogens is 3. The molecule has 0 radical (unpaired) electrons. The minimum Gasteiger partial charge on any atom is -0.449 e. The molecule has 2 aromatic rings. The van der Waals surface area contributed by atoms with E-state index >= 15 is 0 Å². The molecule has 1 aliphatic rings. The number of hydrogen-bond acceptors (Lipinski definition) is 6. The zero-order chi connectivity index (χ0) is 17.3. The molecule has 0 aliphatic carbocycles. The van der Waals surface area contributed by atoms with E-state index in [2.05, 4.69) is 14.7 Å². The molecule has 0 spiro atoms. The van der Waals surface area contributed by atoms with Gasteiger partial charge in [-0.05, 0) is 24.5 Å². The molecule has 3 heterocycles. The Kier molecular flexibility index (Phi) is 4.48. The SMILES string of the molecule is CCCOC(=O)N1CCc2sc(-c3noc(C(F)(F)F)n3)cc2C1. The van der Waals surface area contributed by atoms with Crippen molar-refractivity contribution in [2.45, 2.75) is 32.5 Å². The Labute approximate surface area is 139 Å². The lowest BCUT2D eigenvalue weighted by Crippen LogP contribution is -2.35. The molecule has 2 aromatic heterocycles. The largest absolute Gasteiger partial charge is 0.471 e. The van der Waals surface area contributed by atoms with E-state index in [-0.39, 0.29) is 11.9 Å². The molecule has 6 nitrogen and oxygen atoms in total. The first-order chi connectivity index (χ1) is 11.4. The molecule has 24 heavy (non-hydrogen) atoms. The van der Waals surface area contributed by atoms with Crippen molar-refractivity contribution in [3.05, 3.63) is 22.4 Å².